The molecule has 0 saturated heterocycles. The molecule has 9 heteroatoms. The van der Waals surface area contributed by atoms with Crippen molar-refractivity contribution in [1.29, 1.82) is 0 Å². The van der Waals surface area contributed by atoms with Gasteiger partial charge in [-0.2, -0.15) is 0 Å². The normalized spacial score (nSPS) is 12.1. The van der Waals surface area contributed by atoms with Gasteiger partial charge in [0.2, 0.25) is 21.8 Å². The number of fused-ring (bicyclic) bond motifs is 1. The van der Waals surface area contributed by atoms with Crippen LogP contribution in [0, 0.1) is 0 Å². The summed E-state index contributed by atoms with van der Waals surface area (Å²) in [5.41, 5.74) is 1.21. The maximum absolute atomic E-state index is 13.7. The van der Waals surface area contributed by atoms with Crippen molar-refractivity contribution in [2.45, 2.75) is 39.3 Å². The minimum atomic E-state index is -3.81. The van der Waals surface area contributed by atoms with E-state index in [0.29, 0.717) is 18.0 Å². The highest BCUT2D eigenvalue weighted by Crippen LogP contribution is 2.28. The summed E-state index contributed by atoms with van der Waals surface area (Å²) in [6.45, 7) is 3.90. The van der Waals surface area contributed by atoms with Gasteiger partial charge in [-0.3, -0.25) is 13.9 Å². The summed E-state index contributed by atoms with van der Waals surface area (Å²) in [5.74, 6) is -0.0927. The van der Waals surface area contributed by atoms with E-state index in [9.17, 15) is 18.0 Å². The standard InChI is InChI=1S/C28H35N3O5S/c1-5-6-18-29-28(33)21(2)30(19-22-14-16-24(36-3)17-15-22)27(32)20-31(37(4,34)35)26-13-9-11-23-10-7-8-12-25(23)26/h7-17,21H,5-6,18-20H2,1-4H3,(H,29,33)/t21-/m1/s1. The molecule has 0 spiro atoms. The molecule has 0 unspecified atom stereocenters. The third kappa shape index (κ3) is 7.22. The molecule has 0 radical (unpaired) electrons. The summed E-state index contributed by atoms with van der Waals surface area (Å²) >= 11 is 0. The van der Waals surface area contributed by atoms with Gasteiger partial charge in [0.1, 0.15) is 18.3 Å². The predicted molar refractivity (Wildman–Crippen MR) is 147 cm³/mol. The lowest BCUT2D eigenvalue weighted by Gasteiger charge is -2.32. The van der Waals surface area contributed by atoms with Crippen LogP contribution in [0.3, 0.4) is 0 Å². The van der Waals surface area contributed by atoms with Crippen LogP contribution >= 0.6 is 0 Å². The molecule has 1 atom stereocenters. The van der Waals surface area contributed by atoms with Gasteiger partial charge in [-0.05, 0) is 42.5 Å². The number of amides is 2. The van der Waals surface area contributed by atoms with Crippen molar-refractivity contribution >= 4 is 38.3 Å². The number of nitrogens with zero attached hydrogens (tertiary/aromatic N) is 2. The smallest absolute Gasteiger partial charge is 0.244 e. The van der Waals surface area contributed by atoms with Gasteiger partial charge in [0.25, 0.3) is 0 Å². The van der Waals surface area contributed by atoms with E-state index in [4.69, 9.17) is 4.74 Å². The lowest BCUT2D eigenvalue weighted by Crippen LogP contribution is -2.51. The second-order valence-electron chi connectivity index (χ2n) is 8.96. The van der Waals surface area contributed by atoms with Crippen molar-refractivity contribution in [2.24, 2.45) is 0 Å². The van der Waals surface area contributed by atoms with Crippen LogP contribution in [0.2, 0.25) is 0 Å². The number of rotatable bonds is 12. The van der Waals surface area contributed by atoms with E-state index in [1.54, 1.807) is 38.3 Å². The Bertz CT molecular complexity index is 1320. The highest BCUT2D eigenvalue weighted by atomic mass is 32.2. The minimum absolute atomic E-state index is 0.137. The third-order valence-electron chi connectivity index (χ3n) is 6.22. The van der Waals surface area contributed by atoms with Crippen LogP contribution in [0.1, 0.15) is 32.3 Å². The molecule has 37 heavy (non-hydrogen) atoms. The van der Waals surface area contributed by atoms with Crippen LogP contribution < -0.4 is 14.4 Å². The lowest BCUT2D eigenvalue weighted by atomic mass is 10.1. The number of hydrogen-bond donors (Lipinski definition) is 1. The van der Waals surface area contributed by atoms with E-state index in [1.165, 1.54) is 4.90 Å². The first-order chi connectivity index (χ1) is 17.7. The number of anilines is 1. The van der Waals surface area contributed by atoms with Gasteiger partial charge in [-0.1, -0.05) is 61.9 Å². The van der Waals surface area contributed by atoms with Crippen molar-refractivity contribution in [3.8, 4) is 5.75 Å². The van der Waals surface area contributed by atoms with Crippen LogP contribution in [0.15, 0.2) is 66.7 Å². The Labute approximate surface area is 219 Å². The Morgan fingerprint density at radius 1 is 1.00 bits per heavy atom. The molecule has 0 aliphatic rings. The predicted octanol–water partition coefficient (Wildman–Crippen LogP) is 3.95. The molecule has 0 aliphatic carbocycles. The highest BCUT2D eigenvalue weighted by molar-refractivity contribution is 7.92. The Hall–Kier alpha value is -3.59. The second-order valence-corrected chi connectivity index (χ2v) is 10.9. The molecule has 1 N–H and O–H groups in total. The van der Waals surface area contributed by atoms with Gasteiger partial charge in [0.15, 0.2) is 0 Å². The van der Waals surface area contributed by atoms with E-state index in [0.717, 1.165) is 39.7 Å². The van der Waals surface area contributed by atoms with Gasteiger partial charge < -0.3 is 15.0 Å². The fraction of sp³-hybridized carbons (Fsp3) is 0.357. The molecule has 8 nitrogen and oxygen atoms in total. The highest BCUT2D eigenvalue weighted by Gasteiger charge is 2.30. The van der Waals surface area contributed by atoms with Gasteiger partial charge in [-0.15, -0.1) is 0 Å². The average molecular weight is 526 g/mol. The number of sulfonamides is 1. The summed E-state index contributed by atoms with van der Waals surface area (Å²) in [4.78, 5) is 28.1. The van der Waals surface area contributed by atoms with E-state index in [1.807, 2.05) is 49.4 Å². The van der Waals surface area contributed by atoms with Crippen molar-refractivity contribution in [3.63, 3.8) is 0 Å². The maximum atomic E-state index is 13.7. The fourth-order valence-electron chi connectivity index (χ4n) is 4.07. The molecular weight excluding hydrogens is 490 g/mol. The molecule has 3 aromatic carbocycles. The first kappa shape index (κ1) is 28.0. The Kier molecular flexibility index (Phi) is 9.52. The third-order valence-corrected chi connectivity index (χ3v) is 7.35. The maximum Gasteiger partial charge on any atom is 0.244 e. The van der Waals surface area contributed by atoms with Gasteiger partial charge in [0, 0.05) is 18.5 Å². The summed E-state index contributed by atoms with van der Waals surface area (Å²) in [6, 6.07) is 19.1. The summed E-state index contributed by atoms with van der Waals surface area (Å²) < 4.78 is 32.1. The zero-order valence-corrected chi connectivity index (χ0v) is 22.6. The molecule has 198 valence electrons. The zero-order valence-electron chi connectivity index (χ0n) is 21.8. The molecule has 0 bridgehead atoms. The number of unbranched alkanes of at least 4 members (excludes halogenated alkanes) is 1. The summed E-state index contributed by atoms with van der Waals surface area (Å²) in [6.07, 6.45) is 2.84. The summed E-state index contributed by atoms with van der Waals surface area (Å²) in [5, 5.41) is 4.46. The zero-order chi connectivity index (χ0) is 27.0. The Balaban J connectivity index is 1.95. The van der Waals surface area contributed by atoms with E-state index >= 15 is 0 Å². The number of hydrogen-bond acceptors (Lipinski definition) is 5. The number of carbonyl (C=O) groups excluding carboxylic acids is 2. The molecule has 2 amide bonds. The van der Waals surface area contributed by atoms with Crippen molar-refractivity contribution in [1.82, 2.24) is 10.2 Å². The second kappa shape index (κ2) is 12.6. The Morgan fingerprint density at radius 2 is 1.68 bits per heavy atom. The molecule has 0 aromatic heterocycles. The van der Waals surface area contributed by atoms with E-state index in [-0.39, 0.29) is 12.5 Å². The van der Waals surface area contributed by atoms with Crippen LogP contribution in [0.4, 0.5) is 5.69 Å². The summed E-state index contributed by atoms with van der Waals surface area (Å²) in [7, 11) is -2.24. The molecular formula is C28H35N3O5S. The molecule has 0 aliphatic heterocycles. The van der Waals surface area contributed by atoms with E-state index < -0.39 is 28.5 Å². The van der Waals surface area contributed by atoms with Crippen LogP contribution in [0.5, 0.6) is 5.75 Å². The Morgan fingerprint density at radius 3 is 2.32 bits per heavy atom. The molecule has 0 saturated carbocycles. The lowest BCUT2D eigenvalue weighted by molar-refractivity contribution is -0.139. The quantitative estimate of drug-likeness (QED) is 0.361. The van der Waals surface area contributed by atoms with Gasteiger partial charge in [-0.25, -0.2) is 8.42 Å². The molecule has 0 fully saturated rings. The number of methoxy groups -OCH3 is 1. The van der Waals surface area contributed by atoms with Gasteiger partial charge >= 0.3 is 0 Å². The van der Waals surface area contributed by atoms with Crippen LogP contribution in [-0.2, 0) is 26.2 Å². The van der Waals surface area contributed by atoms with Crippen LogP contribution in [0.25, 0.3) is 10.8 Å². The SMILES string of the molecule is CCCCNC(=O)[C@@H](C)N(Cc1ccc(OC)cc1)C(=O)CN(c1cccc2ccccc12)S(C)(=O)=O. The molecule has 3 rings (SSSR count). The van der Waals surface area contributed by atoms with Crippen LogP contribution in [-0.4, -0.2) is 57.6 Å². The number of benzene rings is 3. The fourth-order valence-corrected chi connectivity index (χ4v) is 4.93. The largest absolute Gasteiger partial charge is 0.497 e. The first-order valence-corrected chi connectivity index (χ1v) is 14.2. The van der Waals surface area contributed by atoms with Gasteiger partial charge in [0.05, 0.1) is 19.1 Å². The molecule has 0 heterocycles. The topological polar surface area (TPSA) is 96.0 Å². The number of ether oxygens (including phenoxy) is 1. The molecule has 3 aromatic rings. The average Bonchev–Trinajstić information content (AvgIpc) is 2.89. The van der Waals surface area contributed by atoms with Crippen molar-refractivity contribution < 1.29 is 22.7 Å². The van der Waals surface area contributed by atoms with Crippen molar-refractivity contribution in [3.05, 3.63) is 72.3 Å². The first-order valence-electron chi connectivity index (χ1n) is 12.3. The number of nitrogens with one attached hydrogen (secondary N) is 1. The monoisotopic (exact) mass is 525 g/mol. The van der Waals surface area contributed by atoms with E-state index in [2.05, 4.69) is 5.32 Å². The van der Waals surface area contributed by atoms with Crippen molar-refractivity contribution in [2.75, 3.05) is 30.8 Å². The number of carbonyl (C=O) groups is 2. The minimum Gasteiger partial charge on any atom is -0.497 e.